The molecule has 1 aromatic heterocycles. The standard InChI is InChI=1S/C13H16BrN3S/c1-15-7-11-9-18-13(16-11)17(2)8-10-5-3-4-6-12(10)14/h3-6,9,15H,7-8H2,1-2H3. The molecule has 0 bridgehead atoms. The third-order valence-electron chi connectivity index (χ3n) is 2.59. The minimum atomic E-state index is 0.819. The number of hydrogen-bond acceptors (Lipinski definition) is 4. The number of hydrogen-bond donors (Lipinski definition) is 1. The van der Waals surface area contributed by atoms with E-state index in [0.29, 0.717) is 0 Å². The van der Waals surface area contributed by atoms with Crippen molar-refractivity contribution in [3.8, 4) is 0 Å². The summed E-state index contributed by atoms with van der Waals surface area (Å²) in [6.45, 7) is 1.67. The third-order valence-corrected chi connectivity index (χ3v) is 4.37. The zero-order chi connectivity index (χ0) is 13.0. The average Bonchev–Trinajstić information content (AvgIpc) is 2.81. The summed E-state index contributed by atoms with van der Waals surface area (Å²) in [5.41, 5.74) is 2.36. The van der Waals surface area contributed by atoms with E-state index in [9.17, 15) is 0 Å². The fraction of sp³-hybridized carbons (Fsp3) is 0.308. The highest BCUT2D eigenvalue weighted by atomic mass is 79.9. The Balaban J connectivity index is 2.07. The van der Waals surface area contributed by atoms with Gasteiger partial charge in [0.1, 0.15) is 0 Å². The maximum Gasteiger partial charge on any atom is 0.185 e. The smallest absolute Gasteiger partial charge is 0.185 e. The first-order chi connectivity index (χ1) is 8.70. The molecule has 0 radical (unpaired) electrons. The Morgan fingerprint density at radius 3 is 2.89 bits per heavy atom. The lowest BCUT2D eigenvalue weighted by Crippen LogP contribution is -2.16. The van der Waals surface area contributed by atoms with Crippen LogP contribution in [0.5, 0.6) is 0 Å². The van der Waals surface area contributed by atoms with Crippen LogP contribution in [0, 0.1) is 0 Å². The molecule has 1 heterocycles. The molecule has 0 aliphatic heterocycles. The quantitative estimate of drug-likeness (QED) is 0.914. The van der Waals surface area contributed by atoms with Crippen molar-refractivity contribution in [1.82, 2.24) is 10.3 Å². The van der Waals surface area contributed by atoms with Crippen molar-refractivity contribution in [2.75, 3.05) is 19.0 Å². The number of anilines is 1. The van der Waals surface area contributed by atoms with Gasteiger partial charge in [0.2, 0.25) is 0 Å². The van der Waals surface area contributed by atoms with Crippen molar-refractivity contribution in [2.24, 2.45) is 0 Å². The second-order valence-electron chi connectivity index (χ2n) is 4.10. The van der Waals surface area contributed by atoms with Crippen LogP contribution in [0.4, 0.5) is 5.13 Å². The highest BCUT2D eigenvalue weighted by Gasteiger charge is 2.08. The number of aromatic nitrogens is 1. The van der Waals surface area contributed by atoms with Gasteiger partial charge in [-0.05, 0) is 18.7 Å². The molecule has 18 heavy (non-hydrogen) atoms. The maximum atomic E-state index is 4.59. The highest BCUT2D eigenvalue weighted by Crippen LogP contribution is 2.23. The van der Waals surface area contributed by atoms with Crippen molar-refractivity contribution < 1.29 is 0 Å². The molecular weight excluding hydrogens is 310 g/mol. The predicted octanol–water partition coefficient (Wildman–Crippen LogP) is 3.26. The minimum absolute atomic E-state index is 0.819. The SMILES string of the molecule is CNCc1csc(N(C)Cc2ccccc2Br)n1. The van der Waals surface area contributed by atoms with Gasteiger partial charge in [-0.15, -0.1) is 11.3 Å². The Morgan fingerprint density at radius 2 is 2.17 bits per heavy atom. The number of nitrogens with one attached hydrogen (secondary N) is 1. The van der Waals surface area contributed by atoms with E-state index >= 15 is 0 Å². The predicted molar refractivity (Wildman–Crippen MR) is 81.1 cm³/mol. The second-order valence-corrected chi connectivity index (χ2v) is 5.79. The molecule has 0 saturated heterocycles. The number of benzene rings is 1. The molecule has 96 valence electrons. The largest absolute Gasteiger partial charge is 0.347 e. The molecule has 0 atom stereocenters. The van der Waals surface area contributed by atoms with E-state index in [-0.39, 0.29) is 0 Å². The van der Waals surface area contributed by atoms with E-state index < -0.39 is 0 Å². The van der Waals surface area contributed by atoms with Crippen LogP contribution < -0.4 is 10.2 Å². The van der Waals surface area contributed by atoms with Gasteiger partial charge in [-0.2, -0.15) is 0 Å². The van der Waals surface area contributed by atoms with E-state index in [1.54, 1.807) is 11.3 Å². The molecule has 0 spiro atoms. The van der Waals surface area contributed by atoms with Crippen molar-refractivity contribution in [3.63, 3.8) is 0 Å². The molecule has 1 N–H and O–H groups in total. The van der Waals surface area contributed by atoms with Crippen LogP contribution in [0.2, 0.25) is 0 Å². The fourth-order valence-electron chi connectivity index (χ4n) is 1.68. The van der Waals surface area contributed by atoms with Crippen LogP contribution in [0.1, 0.15) is 11.3 Å². The van der Waals surface area contributed by atoms with Crippen LogP contribution in [-0.2, 0) is 13.1 Å². The summed E-state index contributed by atoms with van der Waals surface area (Å²) in [4.78, 5) is 6.76. The van der Waals surface area contributed by atoms with Crippen LogP contribution in [0.25, 0.3) is 0 Å². The first kappa shape index (κ1) is 13.5. The molecule has 0 amide bonds. The van der Waals surface area contributed by atoms with Crippen molar-refractivity contribution in [2.45, 2.75) is 13.1 Å². The Bertz CT molecular complexity index is 512. The van der Waals surface area contributed by atoms with Gasteiger partial charge in [-0.1, -0.05) is 34.1 Å². The summed E-state index contributed by atoms with van der Waals surface area (Å²) < 4.78 is 1.14. The Morgan fingerprint density at radius 1 is 1.39 bits per heavy atom. The lowest BCUT2D eigenvalue weighted by molar-refractivity contribution is 0.792. The molecule has 5 heteroatoms. The van der Waals surface area contributed by atoms with E-state index in [1.165, 1.54) is 5.56 Å². The molecule has 0 aliphatic carbocycles. The highest BCUT2D eigenvalue weighted by molar-refractivity contribution is 9.10. The minimum Gasteiger partial charge on any atom is -0.347 e. The van der Waals surface area contributed by atoms with Gasteiger partial charge in [0.25, 0.3) is 0 Å². The van der Waals surface area contributed by atoms with E-state index in [1.807, 2.05) is 13.1 Å². The summed E-state index contributed by atoms with van der Waals surface area (Å²) in [5.74, 6) is 0. The van der Waals surface area contributed by atoms with Gasteiger partial charge in [0.05, 0.1) is 5.69 Å². The monoisotopic (exact) mass is 325 g/mol. The zero-order valence-electron chi connectivity index (χ0n) is 10.5. The normalized spacial score (nSPS) is 10.6. The Kier molecular flexibility index (Phi) is 4.74. The first-order valence-electron chi connectivity index (χ1n) is 5.74. The topological polar surface area (TPSA) is 28.2 Å². The average molecular weight is 326 g/mol. The molecule has 0 aliphatic rings. The molecule has 0 saturated carbocycles. The number of thiazole rings is 1. The summed E-state index contributed by atoms with van der Waals surface area (Å²) in [6.07, 6.45) is 0. The van der Waals surface area contributed by atoms with Crippen LogP contribution in [0.15, 0.2) is 34.1 Å². The zero-order valence-corrected chi connectivity index (χ0v) is 12.9. The number of halogens is 1. The molecule has 0 fully saturated rings. The van der Waals surface area contributed by atoms with E-state index in [4.69, 9.17) is 0 Å². The fourth-order valence-corrected chi connectivity index (χ4v) is 2.89. The number of nitrogens with zero attached hydrogens (tertiary/aromatic N) is 2. The van der Waals surface area contributed by atoms with Crippen LogP contribution in [0.3, 0.4) is 0 Å². The van der Waals surface area contributed by atoms with Gasteiger partial charge < -0.3 is 10.2 Å². The molecule has 2 aromatic rings. The third kappa shape index (κ3) is 3.31. The lowest BCUT2D eigenvalue weighted by atomic mass is 10.2. The summed E-state index contributed by atoms with van der Waals surface area (Å²) in [6, 6.07) is 8.28. The van der Waals surface area contributed by atoms with E-state index in [2.05, 4.69) is 61.8 Å². The Labute approximate surface area is 120 Å². The van der Waals surface area contributed by atoms with Gasteiger partial charge in [0, 0.05) is 30.0 Å². The van der Waals surface area contributed by atoms with Gasteiger partial charge >= 0.3 is 0 Å². The van der Waals surface area contributed by atoms with E-state index in [0.717, 1.165) is 28.4 Å². The van der Waals surface area contributed by atoms with Crippen molar-refractivity contribution in [3.05, 3.63) is 45.4 Å². The Hall–Kier alpha value is -0.910. The molecule has 2 rings (SSSR count). The summed E-state index contributed by atoms with van der Waals surface area (Å²) >= 11 is 5.26. The van der Waals surface area contributed by atoms with Crippen molar-refractivity contribution >= 4 is 32.4 Å². The van der Waals surface area contributed by atoms with Gasteiger partial charge in [-0.3, -0.25) is 0 Å². The van der Waals surface area contributed by atoms with Gasteiger partial charge in [-0.25, -0.2) is 4.98 Å². The molecule has 3 nitrogen and oxygen atoms in total. The molecular formula is C13H16BrN3S. The molecule has 1 aromatic carbocycles. The molecule has 0 unspecified atom stereocenters. The van der Waals surface area contributed by atoms with Crippen LogP contribution >= 0.6 is 27.3 Å². The first-order valence-corrected chi connectivity index (χ1v) is 7.41. The number of rotatable bonds is 5. The lowest BCUT2D eigenvalue weighted by Gasteiger charge is -2.16. The summed E-state index contributed by atoms with van der Waals surface area (Å²) in [5, 5.41) is 6.26. The summed E-state index contributed by atoms with van der Waals surface area (Å²) in [7, 11) is 4.01. The maximum absolute atomic E-state index is 4.59. The van der Waals surface area contributed by atoms with Gasteiger partial charge in [0.15, 0.2) is 5.13 Å². The van der Waals surface area contributed by atoms with Crippen molar-refractivity contribution in [1.29, 1.82) is 0 Å². The second kappa shape index (κ2) is 6.31. The van der Waals surface area contributed by atoms with Crippen LogP contribution in [-0.4, -0.2) is 19.1 Å².